The summed E-state index contributed by atoms with van der Waals surface area (Å²) in [6.07, 6.45) is 24.7. The first-order chi connectivity index (χ1) is 13.1. The van der Waals surface area contributed by atoms with Crippen molar-refractivity contribution in [2.45, 2.75) is 128 Å². The number of rotatable bonds is 20. The molecular weight excluding hydrogens is 352 g/mol. The smallest absolute Gasteiger partial charge is 0.319 e. The standard InChI is InChI=1S/C24H46O2S/c1-4-7-8-9-10-11-12-13-14-15-16-17-18-19-20-21-22-27-24(5-2,6-3)23(25)26/h13-14H,4-12,15-22H2,1-3H3,(H,25,26). The van der Waals surface area contributed by atoms with Crippen LogP contribution in [0.5, 0.6) is 0 Å². The maximum absolute atomic E-state index is 11.5. The molecule has 0 unspecified atom stereocenters. The maximum atomic E-state index is 11.5. The predicted molar refractivity (Wildman–Crippen MR) is 123 cm³/mol. The van der Waals surface area contributed by atoms with Gasteiger partial charge in [0.05, 0.1) is 0 Å². The van der Waals surface area contributed by atoms with Crippen LogP contribution in [0.15, 0.2) is 12.2 Å². The number of thioether (sulfide) groups is 1. The summed E-state index contributed by atoms with van der Waals surface area (Å²) in [5.41, 5.74) is 0. The molecule has 160 valence electrons. The van der Waals surface area contributed by atoms with Gasteiger partial charge in [-0.15, -0.1) is 11.8 Å². The van der Waals surface area contributed by atoms with Gasteiger partial charge in [0, 0.05) is 0 Å². The zero-order valence-corrected chi connectivity index (χ0v) is 19.3. The highest BCUT2D eigenvalue weighted by Gasteiger charge is 2.34. The average molecular weight is 399 g/mol. The summed E-state index contributed by atoms with van der Waals surface area (Å²) in [7, 11) is 0. The Morgan fingerprint density at radius 1 is 0.741 bits per heavy atom. The van der Waals surface area contributed by atoms with Gasteiger partial charge in [-0.3, -0.25) is 4.79 Å². The van der Waals surface area contributed by atoms with Gasteiger partial charge in [0.25, 0.3) is 0 Å². The van der Waals surface area contributed by atoms with E-state index in [0.717, 1.165) is 25.0 Å². The van der Waals surface area contributed by atoms with Crippen molar-refractivity contribution >= 4 is 17.7 Å². The molecule has 0 bridgehead atoms. The highest BCUT2D eigenvalue weighted by molar-refractivity contribution is 8.01. The number of carbonyl (C=O) groups is 1. The summed E-state index contributed by atoms with van der Waals surface area (Å²) < 4.78 is -0.554. The number of aliphatic carboxylic acids is 1. The first-order valence-corrected chi connectivity index (χ1v) is 12.6. The number of hydrogen-bond donors (Lipinski definition) is 1. The second-order valence-electron chi connectivity index (χ2n) is 7.79. The first-order valence-electron chi connectivity index (χ1n) is 11.6. The van der Waals surface area contributed by atoms with Gasteiger partial charge in [-0.1, -0.05) is 90.7 Å². The molecule has 0 aromatic heterocycles. The third kappa shape index (κ3) is 14.2. The third-order valence-electron chi connectivity index (χ3n) is 5.57. The molecule has 0 aromatic rings. The van der Waals surface area contributed by atoms with E-state index in [-0.39, 0.29) is 0 Å². The fourth-order valence-electron chi connectivity index (χ4n) is 3.44. The van der Waals surface area contributed by atoms with Crippen LogP contribution in [0, 0.1) is 0 Å². The number of allylic oxidation sites excluding steroid dienone is 2. The van der Waals surface area contributed by atoms with Crippen molar-refractivity contribution in [2.75, 3.05) is 5.75 Å². The van der Waals surface area contributed by atoms with Crippen molar-refractivity contribution in [3.63, 3.8) is 0 Å². The molecule has 0 fully saturated rings. The van der Waals surface area contributed by atoms with Crippen LogP contribution in [0.3, 0.4) is 0 Å². The molecule has 0 aliphatic rings. The third-order valence-corrected chi connectivity index (χ3v) is 7.36. The van der Waals surface area contributed by atoms with E-state index in [0.29, 0.717) is 0 Å². The lowest BCUT2D eigenvalue weighted by Gasteiger charge is -2.25. The first kappa shape index (κ1) is 26.6. The molecule has 0 heterocycles. The van der Waals surface area contributed by atoms with Crippen LogP contribution in [0.25, 0.3) is 0 Å². The minimum Gasteiger partial charge on any atom is -0.480 e. The van der Waals surface area contributed by atoms with Crippen molar-refractivity contribution in [2.24, 2.45) is 0 Å². The predicted octanol–water partition coefficient (Wildman–Crippen LogP) is 8.40. The Morgan fingerprint density at radius 3 is 1.63 bits per heavy atom. The number of hydrogen-bond acceptors (Lipinski definition) is 2. The van der Waals surface area contributed by atoms with Crippen molar-refractivity contribution in [1.82, 2.24) is 0 Å². The molecule has 0 atom stereocenters. The molecule has 0 spiro atoms. The largest absolute Gasteiger partial charge is 0.480 e. The second kappa shape index (κ2) is 18.9. The lowest BCUT2D eigenvalue weighted by Crippen LogP contribution is -2.33. The Balaban J connectivity index is 3.40. The molecule has 0 rings (SSSR count). The molecule has 0 saturated heterocycles. The van der Waals surface area contributed by atoms with E-state index in [1.54, 1.807) is 11.8 Å². The van der Waals surface area contributed by atoms with E-state index in [9.17, 15) is 9.90 Å². The quantitative estimate of drug-likeness (QED) is 0.165. The molecule has 0 amide bonds. The Bertz CT molecular complexity index is 361. The molecule has 27 heavy (non-hydrogen) atoms. The van der Waals surface area contributed by atoms with E-state index < -0.39 is 10.7 Å². The molecule has 0 radical (unpaired) electrons. The van der Waals surface area contributed by atoms with Gasteiger partial charge in [0.2, 0.25) is 0 Å². The zero-order chi connectivity index (χ0) is 20.2. The van der Waals surface area contributed by atoms with Crippen LogP contribution in [0.4, 0.5) is 0 Å². The van der Waals surface area contributed by atoms with Gasteiger partial charge in [0.15, 0.2) is 0 Å². The van der Waals surface area contributed by atoms with Gasteiger partial charge in [0.1, 0.15) is 4.75 Å². The van der Waals surface area contributed by atoms with E-state index in [2.05, 4.69) is 19.1 Å². The maximum Gasteiger partial charge on any atom is 0.319 e. The topological polar surface area (TPSA) is 37.3 Å². The average Bonchev–Trinajstić information content (AvgIpc) is 2.67. The van der Waals surface area contributed by atoms with Crippen molar-refractivity contribution in [3.8, 4) is 0 Å². The number of carboxylic acids is 1. The molecule has 0 aliphatic heterocycles. The molecular formula is C24H46O2S. The van der Waals surface area contributed by atoms with E-state index in [4.69, 9.17) is 0 Å². The second-order valence-corrected chi connectivity index (χ2v) is 9.27. The normalized spacial score (nSPS) is 12.1. The van der Waals surface area contributed by atoms with Crippen LogP contribution in [-0.2, 0) is 4.79 Å². The number of carboxylic acid groups (broad SMARTS) is 1. The van der Waals surface area contributed by atoms with Crippen LogP contribution in [0.1, 0.15) is 124 Å². The molecule has 2 nitrogen and oxygen atoms in total. The molecule has 0 saturated carbocycles. The fraction of sp³-hybridized carbons (Fsp3) is 0.875. The van der Waals surface area contributed by atoms with Gasteiger partial charge in [-0.25, -0.2) is 0 Å². The fourth-order valence-corrected chi connectivity index (χ4v) is 4.71. The lowest BCUT2D eigenvalue weighted by molar-refractivity contribution is -0.140. The molecule has 0 aromatic carbocycles. The summed E-state index contributed by atoms with van der Waals surface area (Å²) in [4.78, 5) is 11.5. The Morgan fingerprint density at radius 2 is 1.19 bits per heavy atom. The van der Waals surface area contributed by atoms with Gasteiger partial charge < -0.3 is 5.11 Å². The van der Waals surface area contributed by atoms with E-state index >= 15 is 0 Å². The number of unbranched alkanes of at least 4 members (excludes halogenated alkanes) is 12. The Labute approximate surface area is 174 Å². The summed E-state index contributed by atoms with van der Waals surface area (Å²) >= 11 is 1.65. The van der Waals surface area contributed by atoms with Crippen molar-refractivity contribution in [1.29, 1.82) is 0 Å². The minimum atomic E-state index is -0.637. The zero-order valence-electron chi connectivity index (χ0n) is 18.4. The monoisotopic (exact) mass is 398 g/mol. The Hall–Kier alpha value is -0.440. The van der Waals surface area contributed by atoms with Gasteiger partial charge >= 0.3 is 5.97 Å². The van der Waals surface area contributed by atoms with Crippen LogP contribution >= 0.6 is 11.8 Å². The highest BCUT2D eigenvalue weighted by atomic mass is 32.2. The highest BCUT2D eigenvalue weighted by Crippen LogP contribution is 2.33. The van der Waals surface area contributed by atoms with Crippen LogP contribution < -0.4 is 0 Å². The molecule has 0 aliphatic carbocycles. The van der Waals surface area contributed by atoms with Gasteiger partial charge in [-0.05, 0) is 50.7 Å². The summed E-state index contributed by atoms with van der Waals surface area (Å²) in [5.74, 6) is 0.344. The summed E-state index contributed by atoms with van der Waals surface area (Å²) in [5, 5.41) is 9.43. The lowest BCUT2D eigenvalue weighted by atomic mass is 10.0. The van der Waals surface area contributed by atoms with Crippen LogP contribution in [-0.4, -0.2) is 21.6 Å². The van der Waals surface area contributed by atoms with Gasteiger partial charge in [-0.2, -0.15) is 0 Å². The van der Waals surface area contributed by atoms with Crippen molar-refractivity contribution < 1.29 is 9.90 Å². The van der Waals surface area contributed by atoms with E-state index in [1.807, 2.05) is 13.8 Å². The SMILES string of the molecule is CCCCCCCCC=CCCCCCCCCSC(CC)(CC)C(=O)O. The summed E-state index contributed by atoms with van der Waals surface area (Å²) in [6.45, 7) is 6.26. The van der Waals surface area contributed by atoms with Crippen LogP contribution in [0.2, 0.25) is 0 Å². The minimum absolute atomic E-state index is 0.554. The summed E-state index contributed by atoms with van der Waals surface area (Å²) in [6, 6.07) is 0. The van der Waals surface area contributed by atoms with Crippen molar-refractivity contribution in [3.05, 3.63) is 12.2 Å². The van der Waals surface area contributed by atoms with E-state index in [1.165, 1.54) is 83.5 Å². The molecule has 1 N–H and O–H groups in total. The Kier molecular flexibility index (Phi) is 18.6. The molecule has 3 heteroatoms.